The Morgan fingerprint density at radius 2 is 2.25 bits per heavy atom. The normalized spacial score (nSPS) is 30.4. The molecule has 1 aromatic rings. The van der Waals surface area contributed by atoms with Gasteiger partial charge in [-0.1, -0.05) is 23.7 Å². The van der Waals surface area contributed by atoms with Crippen molar-refractivity contribution in [3.8, 4) is 5.75 Å². The maximum Gasteiger partial charge on any atom is 0.134 e. The van der Waals surface area contributed by atoms with E-state index in [4.69, 9.17) is 16.3 Å². The summed E-state index contributed by atoms with van der Waals surface area (Å²) in [6.07, 6.45) is 5.27. The van der Waals surface area contributed by atoms with E-state index in [2.05, 4.69) is 6.92 Å². The van der Waals surface area contributed by atoms with Crippen LogP contribution in [0.25, 0.3) is 0 Å². The molecule has 2 aliphatic rings. The molecule has 0 saturated heterocycles. The Balaban J connectivity index is 2.16. The minimum Gasteiger partial charge on any atom is -0.508 e. The molecule has 3 rings (SSSR count). The van der Waals surface area contributed by atoms with E-state index >= 15 is 0 Å². The first-order valence-electron chi connectivity index (χ1n) is 5.16. The largest absolute Gasteiger partial charge is 0.508 e. The SMILES string of the molecule is CC12C=CC(O)=CC1Oc1cc(Cl)ccc12. The Morgan fingerprint density at radius 3 is 3.06 bits per heavy atom. The van der Waals surface area contributed by atoms with Crippen molar-refractivity contribution >= 4 is 11.6 Å². The molecule has 1 N–H and O–H groups in total. The second-order valence-corrected chi connectivity index (χ2v) is 4.82. The van der Waals surface area contributed by atoms with Crippen molar-refractivity contribution in [2.24, 2.45) is 0 Å². The Morgan fingerprint density at radius 1 is 1.44 bits per heavy atom. The number of rotatable bonds is 0. The molecule has 3 heteroatoms. The van der Waals surface area contributed by atoms with Gasteiger partial charge in [-0.05, 0) is 31.2 Å². The smallest absolute Gasteiger partial charge is 0.134 e. The van der Waals surface area contributed by atoms with Gasteiger partial charge in [0.1, 0.15) is 17.6 Å². The summed E-state index contributed by atoms with van der Waals surface area (Å²) >= 11 is 5.93. The van der Waals surface area contributed by atoms with Gasteiger partial charge in [0.25, 0.3) is 0 Å². The topological polar surface area (TPSA) is 29.5 Å². The number of allylic oxidation sites excluding steroid dienone is 1. The third kappa shape index (κ3) is 1.20. The van der Waals surface area contributed by atoms with Crippen molar-refractivity contribution in [1.82, 2.24) is 0 Å². The highest BCUT2D eigenvalue weighted by atomic mass is 35.5. The second kappa shape index (κ2) is 3.05. The third-order valence-electron chi connectivity index (χ3n) is 3.29. The molecule has 0 bridgehead atoms. The van der Waals surface area contributed by atoms with Crippen LogP contribution in [0.15, 0.2) is 42.2 Å². The van der Waals surface area contributed by atoms with E-state index in [-0.39, 0.29) is 17.3 Å². The van der Waals surface area contributed by atoms with Crippen LogP contribution in [0.4, 0.5) is 0 Å². The van der Waals surface area contributed by atoms with Gasteiger partial charge in [-0.15, -0.1) is 0 Å². The maximum absolute atomic E-state index is 9.47. The number of hydrogen-bond acceptors (Lipinski definition) is 2. The molecule has 82 valence electrons. The van der Waals surface area contributed by atoms with Crippen molar-refractivity contribution < 1.29 is 9.84 Å². The van der Waals surface area contributed by atoms with E-state index in [1.807, 2.05) is 24.3 Å². The Bertz CT molecular complexity index is 519. The molecular weight excluding hydrogens is 224 g/mol. The van der Waals surface area contributed by atoms with Gasteiger partial charge in [0, 0.05) is 10.6 Å². The molecule has 1 aliphatic carbocycles. The van der Waals surface area contributed by atoms with E-state index < -0.39 is 0 Å². The molecule has 0 fully saturated rings. The molecule has 1 heterocycles. The van der Waals surface area contributed by atoms with Crippen LogP contribution in [0.3, 0.4) is 0 Å². The fourth-order valence-corrected chi connectivity index (χ4v) is 2.47. The molecular formula is C13H11ClO2. The van der Waals surface area contributed by atoms with Crippen molar-refractivity contribution in [2.45, 2.75) is 18.4 Å². The van der Waals surface area contributed by atoms with Crippen molar-refractivity contribution in [1.29, 1.82) is 0 Å². The number of hydrogen-bond donors (Lipinski definition) is 1. The minimum absolute atomic E-state index is 0.147. The molecule has 0 aromatic heterocycles. The van der Waals surface area contributed by atoms with Gasteiger partial charge in [0.05, 0.1) is 5.41 Å². The van der Waals surface area contributed by atoms with Crippen LogP contribution in [-0.4, -0.2) is 11.2 Å². The first-order chi connectivity index (χ1) is 7.59. The van der Waals surface area contributed by atoms with E-state index in [9.17, 15) is 5.11 Å². The van der Waals surface area contributed by atoms with Crippen LogP contribution >= 0.6 is 11.6 Å². The highest BCUT2D eigenvalue weighted by Crippen LogP contribution is 2.47. The summed E-state index contributed by atoms with van der Waals surface area (Å²) in [7, 11) is 0. The van der Waals surface area contributed by atoms with Crippen LogP contribution in [0.2, 0.25) is 5.02 Å². The summed E-state index contributed by atoms with van der Waals surface area (Å²) < 4.78 is 5.79. The summed E-state index contributed by atoms with van der Waals surface area (Å²) in [6.45, 7) is 2.09. The van der Waals surface area contributed by atoms with Gasteiger partial charge in [-0.25, -0.2) is 0 Å². The van der Waals surface area contributed by atoms with Crippen LogP contribution in [0.5, 0.6) is 5.75 Å². The number of benzene rings is 1. The number of aliphatic hydroxyl groups is 1. The number of fused-ring (bicyclic) bond motifs is 3. The summed E-state index contributed by atoms with van der Waals surface area (Å²) in [6, 6.07) is 5.67. The minimum atomic E-state index is -0.202. The molecule has 2 nitrogen and oxygen atoms in total. The molecule has 0 amide bonds. The fourth-order valence-electron chi connectivity index (χ4n) is 2.31. The summed E-state index contributed by atoms with van der Waals surface area (Å²) in [4.78, 5) is 0. The molecule has 1 aliphatic heterocycles. The average Bonchev–Trinajstić information content (AvgIpc) is 2.50. The average molecular weight is 235 g/mol. The Kier molecular flexibility index (Phi) is 1.86. The first kappa shape index (κ1) is 9.79. The molecule has 1 aromatic carbocycles. The lowest BCUT2D eigenvalue weighted by molar-refractivity contribution is 0.219. The second-order valence-electron chi connectivity index (χ2n) is 4.39. The number of aliphatic hydroxyl groups excluding tert-OH is 1. The number of halogens is 1. The lowest BCUT2D eigenvalue weighted by atomic mass is 9.76. The van der Waals surface area contributed by atoms with Crippen LogP contribution in [0, 0.1) is 0 Å². The fraction of sp³-hybridized carbons (Fsp3) is 0.231. The maximum atomic E-state index is 9.47. The number of ether oxygens (including phenoxy) is 1. The van der Waals surface area contributed by atoms with Gasteiger partial charge < -0.3 is 9.84 Å². The van der Waals surface area contributed by atoms with Crippen molar-refractivity contribution in [3.63, 3.8) is 0 Å². The van der Waals surface area contributed by atoms with Crippen LogP contribution < -0.4 is 4.74 Å². The standard InChI is InChI=1S/C13H11ClO2/c1-13-5-4-9(15)7-12(13)16-11-6-8(14)2-3-10(11)13/h2-7,12,15H,1H3. The van der Waals surface area contributed by atoms with Crippen molar-refractivity contribution in [2.75, 3.05) is 0 Å². The summed E-state index contributed by atoms with van der Waals surface area (Å²) in [5.41, 5.74) is 0.911. The zero-order chi connectivity index (χ0) is 11.3. The molecule has 0 saturated carbocycles. The monoisotopic (exact) mass is 234 g/mol. The zero-order valence-electron chi connectivity index (χ0n) is 8.77. The highest BCUT2D eigenvalue weighted by molar-refractivity contribution is 6.30. The van der Waals surface area contributed by atoms with E-state index in [1.54, 1.807) is 12.2 Å². The first-order valence-corrected chi connectivity index (χ1v) is 5.54. The van der Waals surface area contributed by atoms with Gasteiger partial charge in [0.2, 0.25) is 0 Å². The van der Waals surface area contributed by atoms with Gasteiger partial charge in [-0.3, -0.25) is 0 Å². The van der Waals surface area contributed by atoms with E-state index in [0.717, 1.165) is 11.3 Å². The van der Waals surface area contributed by atoms with E-state index in [1.165, 1.54) is 0 Å². The lowest BCUT2D eigenvalue weighted by Gasteiger charge is -2.27. The predicted octanol–water partition coefficient (Wildman–Crippen LogP) is 3.37. The summed E-state index contributed by atoms with van der Waals surface area (Å²) in [5, 5.41) is 10.1. The van der Waals surface area contributed by atoms with Gasteiger partial charge in [-0.2, -0.15) is 0 Å². The van der Waals surface area contributed by atoms with Crippen LogP contribution in [-0.2, 0) is 5.41 Å². The molecule has 2 atom stereocenters. The van der Waals surface area contributed by atoms with E-state index in [0.29, 0.717) is 5.02 Å². The van der Waals surface area contributed by atoms with Gasteiger partial charge >= 0.3 is 0 Å². The Labute approximate surface area is 98.8 Å². The van der Waals surface area contributed by atoms with Gasteiger partial charge in [0.15, 0.2) is 0 Å². The Hall–Kier alpha value is -1.41. The highest BCUT2D eigenvalue weighted by Gasteiger charge is 2.44. The van der Waals surface area contributed by atoms with Crippen LogP contribution in [0.1, 0.15) is 12.5 Å². The quantitative estimate of drug-likeness (QED) is 0.746. The molecule has 16 heavy (non-hydrogen) atoms. The molecule has 0 spiro atoms. The lowest BCUT2D eigenvalue weighted by Crippen LogP contribution is -2.33. The predicted molar refractivity (Wildman–Crippen MR) is 63.1 cm³/mol. The third-order valence-corrected chi connectivity index (χ3v) is 3.53. The van der Waals surface area contributed by atoms with Crippen molar-refractivity contribution in [3.05, 3.63) is 52.8 Å². The zero-order valence-corrected chi connectivity index (χ0v) is 9.53. The molecule has 2 unspecified atom stereocenters. The summed E-state index contributed by atoms with van der Waals surface area (Å²) in [5.74, 6) is 1.05. The molecule has 0 radical (unpaired) electrons.